The van der Waals surface area contributed by atoms with Crippen molar-refractivity contribution < 1.29 is 0 Å². The summed E-state index contributed by atoms with van der Waals surface area (Å²) in [4.78, 5) is 9.13. The van der Waals surface area contributed by atoms with E-state index in [-0.39, 0.29) is 0 Å². The molecule has 0 amide bonds. The molecule has 6 heteroatoms. The van der Waals surface area contributed by atoms with Crippen LogP contribution in [0.3, 0.4) is 0 Å². The van der Waals surface area contributed by atoms with Crippen molar-refractivity contribution in [2.75, 3.05) is 0 Å². The molecule has 0 saturated heterocycles. The van der Waals surface area contributed by atoms with Gasteiger partial charge in [-0.15, -0.1) is 22.7 Å². The fourth-order valence-electron chi connectivity index (χ4n) is 2.12. The number of hydrogen-bond acceptors (Lipinski definition) is 4. The van der Waals surface area contributed by atoms with Gasteiger partial charge in [0.05, 0.1) is 20.4 Å². The molecule has 108 valence electrons. The first-order chi connectivity index (χ1) is 10.7. The van der Waals surface area contributed by atoms with Crippen LogP contribution in [-0.4, -0.2) is 9.97 Å². The van der Waals surface area contributed by atoms with Crippen LogP contribution in [0.4, 0.5) is 0 Å². The molecule has 0 aliphatic carbocycles. The molecule has 0 aliphatic rings. The van der Waals surface area contributed by atoms with Crippen molar-refractivity contribution in [2.24, 2.45) is 0 Å². The van der Waals surface area contributed by atoms with Gasteiger partial charge < -0.3 is 0 Å². The fraction of sp³-hybridized carbons (Fsp3) is 0. The van der Waals surface area contributed by atoms with E-state index >= 15 is 0 Å². The summed E-state index contributed by atoms with van der Waals surface area (Å²) in [5, 5.41) is 3.34. The second kappa shape index (κ2) is 5.63. The number of aromatic nitrogens is 2. The van der Waals surface area contributed by atoms with Gasteiger partial charge >= 0.3 is 0 Å². The van der Waals surface area contributed by atoms with Crippen molar-refractivity contribution in [3.8, 4) is 0 Å². The highest BCUT2D eigenvalue weighted by Crippen LogP contribution is 2.28. The van der Waals surface area contributed by atoms with Gasteiger partial charge in [0.15, 0.2) is 0 Å². The molecule has 0 atom stereocenters. The first-order valence-electron chi connectivity index (χ1n) is 6.48. The molecule has 2 nitrogen and oxygen atoms in total. The van der Waals surface area contributed by atoms with E-state index in [1.807, 2.05) is 48.6 Å². The maximum absolute atomic E-state index is 6.00. The smallest absolute Gasteiger partial charge is 0.117 e. The van der Waals surface area contributed by atoms with Gasteiger partial charge in [0.1, 0.15) is 10.0 Å². The highest BCUT2D eigenvalue weighted by atomic mass is 35.5. The molecule has 0 spiro atoms. The number of rotatable bonds is 2. The summed E-state index contributed by atoms with van der Waals surface area (Å²) in [6, 6.07) is 11.5. The van der Waals surface area contributed by atoms with Crippen LogP contribution >= 0.6 is 45.9 Å². The maximum Gasteiger partial charge on any atom is 0.117 e. The second-order valence-corrected chi connectivity index (χ2v) is 7.66. The average molecular weight is 363 g/mol. The van der Waals surface area contributed by atoms with E-state index in [2.05, 4.69) is 9.97 Å². The summed E-state index contributed by atoms with van der Waals surface area (Å²) < 4.78 is 2.17. The molecule has 0 aliphatic heterocycles. The van der Waals surface area contributed by atoms with Crippen molar-refractivity contribution >= 4 is 78.5 Å². The summed E-state index contributed by atoms with van der Waals surface area (Å²) in [5.74, 6) is 0. The Morgan fingerprint density at radius 1 is 0.727 bits per heavy atom. The molecule has 0 bridgehead atoms. The molecule has 2 heterocycles. The van der Waals surface area contributed by atoms with Gasteiger partial charge in [-0.05, 0) is 48.6 Å². The van der Waals surface area contributed by atoms with Crippen LogP contribution in [0.15, 0.2) is 36.4 Å². The Balaban J connectivity index is 1.68. The number of thiazole rings is 2. The molecule has 0 N–H and O–H groups in total. The molecule has 4 rings (SSSR count). The quantitative estimate of drug-likeness (QED) is 0.413. The van der Waals surface area contributed by atoms with Gasteiger partial charge in [0.2, 0.25) is 0 Å². The van der Waals surface area contributed by atoms with Crippen LogP contribution in [-0.2, 0) is 0 Å². The van der Waals surface area contributed by atoms with E-state index < -0.39 is 0 Å². The standard InChI is InChI=1S/C16H8Cl2N2S2/c17-9-1-3-11-13(7-9)21-15(19-11)5-6-16-20-12-4-2-10(18)8-14(12)22-16/h1-8H. The van der Waals surface area contributed by atoms with Gasteiger partial charge in [-0.2, -0.15) is 0 Å². The van der Waals surface area contributed by atoms with Gasteiger partial charge in [0.25, 0.3) is 0 Å². The predicted octanol–water partition coefficient (Wildman–Crippen LogP) is 6.38. The predicted molar refractivity (Wildman–Crippen MR) is 98.2 cm³/mol. The lowest BCUT2D eigenvalue weighted by Crippen LogP contribution is -1.70. The Morgan fingerprint density at radius 2 is 1.18 bits per heavy atom. The van der Waals surface area contributed by atoms with Crippen molar-refractivity contribution in [3.05, 3.63) is 56.5 Å². The van der Waals surface area contributed by atoms with Crippen LogP contribution in [0, 0.1) is 0 Å². The Hall–Kier alpha value is -1.46. The van der Waals surface area contributed by atoms with Crippen LogP contribution in [0.2, 0.25) is 10.0 Å². The summed E-state index contributed by atoms with van der Waals surface area (Å²) in [5.41, 5.74) is 1.93. The fourth-order valence-corrected chi connectivity index (χ4v) is 4.41. The summed E-state index contributed by atoms with van der Waals surface area (Å²) in [7, 11) is 0. The summed E-state index contributed by atoms with van der Waals surface area (Å²) in [6.45, 7) is 0. The van der Waals surface area contributed by atoms with Gasteiger partial charge in [0, 0.05) is 10.0 Å². The van der Waals surface area contributed by atoms with E-state index in [1.165, 1.54) is 0 Å². The third-order valence-corrected chi connectivity index (χ3v) is 5.54. The zero-order valence-electron chi connectivity index (χ0n) is 11.1. The minimum absolute atomic E-state index is 0.731. The lowest BCUT2D eigenvalue weighted by atomic mass is 10.3. The zero-order chi connectivity index (χ0) is 15.1. The normalized spacial score (nSPS) is 11.9. The second-order valence-electron chi connectivity index (χ2n) is 4.66. The molecular weight excluding hydrogens is 355 g/mol. The number of nitrogens with zero attached hydrogens (tertiary/aromatic N) is 2. The average Bonchev–Trinajstić information content (AvgIpc) is 3.07. The minimum atomic E-state index is 0.731. The van der Waals surface area contributed by atoms with Crippen molar-refractivity contribution in [3.63, 3.8) is 0 Å². The van der Waals surface area contributed by atoms with Crippen LogP contribution in [0.25, 0.3) is 32.6 Å². The van der Waals surface area contributed by atoms with E-state index in [9.17, 15) is 0 Å². The Labute approximate surface area is 144 Å². The van der Waals surface area contributed by atoms with Crippen LogP contribution in [0.1, 0.15) is 10.0 Å². The lowest BCUT2D eigenvalue weighted by Gasteiger charge is -1.86. The third-order valence-electron chi connectivity index (χ3n) is 3.10. The van der Waals surface area contributed by atoms with E-state index in [0.29, 0.717) is 0 Å². The highest BCUT2D eigenvalue weighted by molar-refractivity contribution is 7.20. The van der Waals surface area contributed by atoms with Crippen molar-refractivity contribution in [1.29, 1.82) is 0 Å². The number of halogens is 2. The van der Waals surface area contributed by atoms with Crippen molar-refractivity contribution in [1.82, 2.24) is 9.97 Å². The molecular formula is C16H8Cl2N2S2. The topological polar surface area (TPSA) is 25.8 Å². The number of hydrogen-bond donors (Lipinski definition) is 0. The number of fused-ring (bicyclic) bond motifs is 2. The van der Waals surface area contributed by atoms with Gasteiger partial charge in [-0.1, -0.05) is 23.2 Å². The molecule has 0 saturated carbocycles. The molecule has 0 radical (unpaired) electrons. The Bertz CT molecular complexity index is 936. The van der Waals surface area contributed by atoms with E-state index in [1.54, 1.807) is 22.7 Å². The van der Waals surface area contributed by atoms with Crippen LogP contribution in [0.5, 0.6) is 0 Å². The largest absolute Gasteiger partial charge is 0.237 e. The first kappa shape index (κ1) is 14.2. The third kappa shape index (κ3) is 2.75. The highest BCUT2D eigenvalue weighted by Gasteiger charge is 2.04. The molecule has 2 aromatic heterocycles. The molecule has 2 aromatic carbocycles. The molecule has 0 fully saturated rings. The Kier molecular flexibility index (Phi) is 3.62. The summed E-state index contributed by atoms with van der Waals surface area (Å²) in [6.07, 6.45) is 3.97. The van der Waals surface area contributed by atoms with Gasteiger partial charge in [-0.25, -0.2) is 9.97 Å². The summed E-state index contributed by atoms with van der Waals surface area (Å²) >= 11 is 15.2. The molecule has 4 aromatic rings. The lowest BCUT2D eigenvalue weighted by molar-refractivity contribution is 1.45. The maximum atomic E-state index is 6.00. The number of benzene rings is 2. The van der Waals surface area contributed by atoms with Gasteiger partial charge in [-0.3, -0.25) is 0 Å². The Morgan fingerprint density at radius 3 is 1.64 bits per heavy atom. The van der Waals surface area contributed by atoms with E-state index in [4.69, 9.17) is 23.2 Å². The molecule has 22 heavy (non-hydrogen) atoms. The first-order valence-corrected chi connectivity index (χ1v) is 8.86. The van der Waals surface area contributed by atoms with Crippen molar-refractivity contribution in [2.45, 2.75) is 0 Å². The monoisotopic (exact) mass is 362 g/mol. The molecule has 0 unspecified atom stereocenters. The van der Waals surface area contributed by atoms with Crippen LogP contribution < -0.4 is 0 Å². The van der Waals surface area contributed by atoms with E-state index in [0.717, 1.165) is 40.5 Å². The minimum Gasteiger partial charge on any atom is -0.237 e. The SMILES string of the molecule is Clc1ccc2nc(C=Cc3nc4ccc(Cl)cc4s3)sc2c1. The zero-order valence-corrected chi connectivity index (χ0v) is 14.2.